The first-order valence-electron chi connectivity index (χ1n) is 10.7. The Balaban J connectivity index is 1.34. The van der Waals surface area contributed by atoms with E-state index in [9.17, 15) is 8.42 Å². The second-order valence-electron chi connectivity index (χ2n) is 8.28. The van der Waals surface area contributed by atoms with Gasteiger partial charge in [-0.1, -0.05) is 35.5 Å². The topological polar surface area (TPSA) is 71.3 Å². The Morgan fingerprint density at radius 1 is 0.935 bits per heavy atom. The van der Waals surface area contributed by atoms with Gasteiger partial charge in [-0.2, -0.15) is 0 Å². The summed E-state index contributed by atoms with van der Waals surface area (Å²) in [5.41, 5.74) is 3.90. The van der Waals surface area contributed by atoms with Gasteiger partial charge in [0, 0.05) is 38.4 Å². The number of piperazine rings is 1. The van der Waals surface area contributed by atoms with Gasteiger partial charge in [-0.25, -0.2) is 13.1 Å². The minimum absolute atomic E-state index is 0.0928. The number of rotatable bonds is 7. The highest BCUT2D eigenvalue weighted by Crippen LogP contribution is 2.21. The minimum Gasteiger partial charge on any atom is -0.369 e. The molecule has 2 heterocycles. The lowest BCUT2D eigenvalue weighted by Gasteiger charge is -2.35. The molecule has 0 N–H and O–H groups in total. The van der Waals surface area contributed by atoms with Crippen LogP contribution in [-0.4, -0.2) is 59.7 Å². The average Bonchev–Trinajstić information content (AvgIpc) is 3.23. The van der Waals surface area contributed by atoms with Crippen LogP contribution in [0.4, 0.5) is 5.69 Å². The van der Waals surface area contributed by atoms with Crippen molar-refractivity contribution in [1.29, 1.82) is 0 Å². The maximum absolute atomic E-state index is 12.3. The number of nitrogens with zero attached hydrogens (tertiary/aromatic N) is 5. The van der Waals surface area contributed by atoms with E-state index >= 15 is 0 Å². The fraction of sp³-hybridized carbons (Fsp3) is 0.391. The van der Waals surface area contributed by atoms with Gasteiger partial charge in [-0.05, 0) is 43.7 Å². The second-order valence-corrected chi connectivity index (χ2v) is 10.8. The van der Waals surface area contributed by atoms with Crippen LogP contribution in [-0.2, 0) is 22.1 Å². The molecule has 0 spiro atoms. The van der Waals surface area contributed by atoms with Crippen molar-refractivity contribution in [2.75, 3.05) is 31.1 Å². The molecule has 0 aliphatic carbocycles. The fourth-order valence-corrected chi connectivity index (χ4v) is 4.69. The van der Waals surface area contributed by atoms with Crippen molar-refractivity contribution >= 4 is 15.5 Å². The number of hydrogen-bond acceptors (Lipinski definition) is 6. The number of benzene rings is 2. The fourth-order valence-electron chi connectivity index (χ4n) is 3.71. The van der Waals surface area contributed by atoms with Crippen LogP contribution in [0.2, 0.25) is 0 Å². The molecule has 0 saturated carbocycles. The SMILES string of the molecule is CC(C)S(=O)(=O)Cc1cccc(N2CCN(Cc3cn(-c4ccccc4)nn3)CC2)c1. The van der Waals surface area contributed by atoms with Gasteiger partial charge in [-0.3, -0.25) is 4.90 Å². The maximum atomic E-state index is 12.3. The first kappa shape index (κ1) is 21.5. The summed E-state index contributed by atoms with van der Waals surface area (Å²) in [6.45, 7) is 7.88. The number of hydrogen-bond donors (Lipinski definition) is 0. The molecule has 1 aromatic heterocycles. The highest BCUT2D eigenvalue weighted by atomic mass is 32.2. The number of aromatic nitrogens is 3. The number of sulfone groups is 1. The molecule has 0 radical (unpaired) electrons. The molecule has 164 valence electrons. The molecule has 0 bridgehead atoms. The molecular weight excluding hydrogens is 410 g/mol. The molecule has 0 amide bonds. The van der Waals surface area contributed by atoms with Gasteiger partial charge in [0.25, 0.3) is 0 Å². The smallest absolute Gasteiger partial charge is 0.156 e. The Morgan fingerprint density at radius 3 is 2.35 bits per heavy atom. The zero-order valence-electron chi connectivity index (χ0n) is 18.1. The van der Waals surface area contributed by atoms with Crippen LogP contribution in [0.1, 0.15) is 25.1 Å². The zero-order valence-corrected chi connectivity index (χ0v) is 18.9. The zero-order chi connectivity index (χ0) is 21.8. The van der Waals surface area contributed by atoms with E-state index in [1.807, 2.05) is 59.4 Å². The third-order valence-corrected chi connectivity index (χ3v) is 7.85. The van der Waals surface area contributed by atoms with Crippen LogP contribution in [0, 0.1) is 0 Å². The summed E-state index contributed by atoms with van der Waals surface area (Å²) in [6, 6.07) is 17.9. The van der Waals surface area contributed by atoms with E-state index in [0.29, 0.717) is 0 Å². The molecule has 8 heteroatoms. The molecule has 1 aliphatic heterocycles. The minimum atomic E-state index is -3.10. The Bertz CT molecular complexity index is 1100. The molecule has 1 aliphatic rings. The predicted molar refractivity (Wildman–Crippen MR) is 123 cm³/mol. The van der Waals surface area contributed by atoms with Crippen molar-refractivity contribution in [3.63, 3.8) is 0 Å². The quantitative estimate of drug-likeness (QED) is 0.564. The van der Waals surface area contributed by atoms with Crippen LogP contribution in [0.5, 0.6) is 0 Å². The lowest BCUT2D eigenvalue weighted by atomic mass is 10.2. The first-order chi connectivity index (χ1) is 14.9. The predicted octanol–water partition coefficient (Wildman–Crippen LogP) is 2.91. The Kier molecular flexibility index (Phi) is 6.38. The summed E-state index contributed by atoms with van der Waals surface area (Å²) >= 11 is 0. The van der Waals surface area contributed by atoms with Crippen molar-refractivity contribution in [1.82, 2.24) is 19.9 Å². The Hall–Kier alpha value is -2.71. The van der Waals surface area contributed by atoms with Gasteiger partial charge in [0.2, 0.25) is 0 Å². The van der Waals surface area contributed by atoms with E-state index in [-0.39, 0.29) is 11.0 Å². The largest absolute Gasteiger partial charge is 0.369 e. The van der Waals surface area contributed by atoms with Crippen LogP contribution in [0.3, 0.4) is 0 Å². The standard InChI is InChI=1S/C23H29N5O2S/c1-19(2)31(29,30)18-20-7-6-10-23(15-20)27-13-11-26(12-14-27)16-21-17-28(25-24-21)22-8-4-3-5-9-22/h3-10,15,17,19H,11-14,16,18H2,1-2H3. The highest BCUT2D eigenvalue weighted by Gasteiger charge is 2.20. The normalized spacial score (nSPS) is 15.5. The summed E-state index contributed by atoms with van der Waals surface area (Å²) in [7, 11) is -3.10. The lowest BCUT2D eigenvalue weighted by molar-refractivity contribution is 0.247. The van der Waals surface area contributed by atoms with E-state index in [1.54, 1.807) is 13.8 Å². The molecule has 2 aromatic carbocycles. The molecule has 0 atom stereocenters. The van der Waals surface area contributed by atoms with Gasteiger partial charge >= 0.3 is 0 Å². The molecule has 0 unspecified atom stereocenters. The summed E-state index contributed by atoms with van der Waals surface area (Å²) in [6.07, 6.45) is 1.99. The van der Waals surface area contributed by atoms with Gasteiger partial charge in [0.15, 0.2) is 9.84 Å². The van der Waals surface area contributed by atoms with E-state index in [0.717, 1.165) is 55.4 Å². The van der Waals surface area contributed by atoms with Crippen LogP contribution >= 0.6 is 0 Å². The average molecular weight is 440 g/mol. The van der Waals surface area contributed by atoms with Gasteiger partial charge in [-0.15, -0.1) is 5.10 Å². The lowest BCUT2D eigenvalue weighted by Crippen LogP contribution is -2.46. The van der Waals surface area contributed by atoms with Gasteiger partial charge < -0.3 is 4.90 Å². The molecule has 7 nitrogen and oxygen atoms in total. The van der Waals surface area contributed by atoms with Crippen molar-refractivity contribution in [2.45, 2.75) is 31.4 Å². The third kappa shape index (κ3) is 5.32. The van der Waals surface area contributed by atoms with Crippen LogP contribution in [0.15, 0.2) is 60.8 Å². The summed E-state index contributed by atoms with van der Waals surface area (Å²) in [5.74, 6) is 0.0928. The van der Waals surface area contributed by atoms with E-state index in [4.69, 9.17) is 0 Å². The van der Waals surface area contributed by atoms with Crippen LogP contribution in [0.25, 0.3) is 5.69 Å². The summed E-state index contributed by atoms with van der Waals surface area (Å²) < 4.78 is 26.3. The third-order valence-electron chi connectivity index (χ3n) is 5.68. The van der Waals surface area contributed by atoms with Crippen molar-refractivity contribution < 1.29 is 8.42 Å². The van der Waals surface area contributed by atoms with Crippen molar-refractivity contribution in [3.05, 3.63) is 72.1 Å². The molecule has 3 aromatic rings. The van der Waals surface area contributed by atoms with Crippen molar-refractivity contribution in [2.24, 2.45) is 0 Å². The molecule has 1 saturated heterocycles. The molecule has 1 fully saturated rings. The van der Waals surface area contributed by atoms with E-state index in [1.165, 1.54) is 0 Å². The number of para-hydroxylation sites is 1. The van der Waals surface area contributed by atoms with E-state index < -0.39 is 9.84 Å². The van der Waals surface area contributed by atoms with Gasteiger partial charge in [0.05, 0.1) is 28.6 Å². The molecule has 4 rings (SSSR count). The second kappa shape index (κ2) is 9.20. The monoisotopic (exact) mass is 439 g/mol. The first-order valence-corrected chi connectivity index (χ1v) is 12.4. The Labute approximate surface area is 184 Å². The van der Waals surface area contributed by atoms with Crippen molar-refractivity contribution in [3.8, 4) is 5.69 Å². The molecule has 31 heavy (non-hydrogen) atoms. The maximum Gasteiger partial charge on any atom is 0.156 e. The summed E-state index contributed by atoms with van der Waals surface area (Å²) in [4.78, 5) is 4.70. The molecular formula is C23H29N5O2S. The Morgan fingerprint density at radius 2 is 1.65 bits per heavy atom. The number of anilines is 1. The highest BCUT2D eigenvalue weighted by molar-refractivity contribution is 7.91. The van der Waals surface area contributed by atoms with Gasteiger partial charge in [0.1, 0.15) is 0 Å². The van der Waals surface area contributed by atoms with Crippen LogP contribution < -0.4 is 4.90 Å². The summed E-state index contributed by atoms with van der Waals surface area (Å²) in [5, 5.41) is 8.21. The van der Waals surface area contributed by atoms with E-state index in [2.05, 4.69) is 26.2 Å².